The number of hydrogen-bond acceptors (Lipinski definition) is 3. The van der Waals surface area contributed by atoms with Crippen molar-refractivity contribution in [3.63, 3.8) is 0 Å². The quantitative estimate of drug-likeness (QED) is 0.690. The van der Waals surface area contributed by atoms with Crippen molar-refractivity contribution in [1.29, 1.82) is 0 Å². The van der Waals surface area contributed by atoms with Gasteiger partial charge in [-0.1, -0.05) is 27.2 Å². The van der Waals surface area contributed by atoms with E-state index in [0.29, 0.717) is 6.42 Å². The van der Waals surface area contributed by atoms with Gasteiger partial charge >= 0.3 is 0 Å². The number of rotatable bonds is 4. The molecule has 3 N–H and O–H groups in total. The molecule has 1 amide bonds. The predicted molar refractivity (Wildman–Crippen MR) is 68.7 cm³/mol. The summed E-state index contributed by atoms with van der Waals surface area (Å²) in [5.74, 6) is 0.0816. The third-order valence-electron chi connectivity index (χ3n) is 3.41. The highest BCUT2D eigenvalue weighted by Gasteiger charge is 2.28. The first-order valence-electron chi connectivity index (χ1n) is 6.60. The number of aliphatic hydroxyl groups is 1. The second-order valence-electron chi connectivity index (χ2n) is 5.94. The molecule has 0 aromatic heterocycles. The van der Waals surface area contributed by atoms with Gasteiger partial charge in [0.05, 0.1) is 6.04 Å². The van der Waals surface area contributed by atoms with E-state index in [9.17, 15) is 4.79 Å². The standard InChI is InChI=1S/C13H26N2O2/c1-13(2,3)11(7-9-16)15-12(17)10-6-4-5-8-14-10/h10-11,14,16H,4-9H2,1-3H3,(H,15,17)/t10-,11?/m1/s1. The van der Waals surface area contributed by atoms with Crippen LogP contribution in [0.3, 0.4) is 0 Å². The smallest absolute Gasteiger partial charge is 0.237 e. The van der Waals surface area contributed by atoms with E-state index >= 15 is 0 Å². The van der Waals surface area contributed by atoms with Crippen LogP contribution in [0.1, 0.15) is 46.5 Å². The zero-order chi connectivity index (χ0) is 12.9. The maximum atomic E-state index is 12.1. The Bertz CT molecular complexity index is 242. The van der Waals surface area contributed by atoms with Crippen molar-refractivity contribution in [3.05, 3.63) is 0 Å². The SMILES string of the molecule is CC(C)(C)C(CCO)NC(=O)[C@H]1CCCCN1. The molecule has 0 radical (unpaired) electrons. The Balaban J connectivity index is 2.51. The second kappa shape index (κ2) is 6.36. The average Bonchev–Trinajstić information content (AvgIpc) is 2.28. The molecule has 1 heterocycles. The molecular weight excluding hydrogens is 216 g/mol. The maximum absolute atomic E-state index is 12.1. The van der Waals surface area contributed by atoms with Crippen LogP contribution in [0, 0.1) is 5.41 Å². The predicted octanol–water partition coefficient (Wildman–Crippen LogP) is 1.04. The normalized spacial score (nSPS) is 23.2. The maximum Gasteiger partial charge on any atom is 0.237 e. The zero-order valence-electron chi connectivity index (χ0n) is 11.3. The van der Waals surface area contributed by atoms with Crippen LogP contribution in [0.25, 0.3) is 0 Å². The minimum absolute atomic E-state index is 0.0208. The first-order valence-corrected chi connectivity index (χ1v) is 6.60. The van der Waals surface area contributed by atoms with E-state index in [1.807, 2.05) is 0 Å². The van der Waals surface area contributed by atoms with Gasteiger partial charge in [-0.2, -0.15) is 0 Å². The summed E-state index contributed by atoms with van der Waals surface area (Å²) in [5.41, 5.74) is -0.0208. The zero-order valence-corrected chi connectivity index (χ0v) is 11.3. The minimum Gasteiger partial charge on any atom is -0.396 e. The Morgan fingerprint density at radius 1 is 1.47 bits per heavy atom. The van der Waals surface area contributed by atoms with E-state index < -0.39 is 0 Å². The molecule has 17 heavy (non-hydrogen) atoms. The van der Waals surface area contributed by atoms with Crippen LogP contribution in [0.4, 0.5) is 0 Å². The Labute approximate surface area is 104 Å². The van der Waals surface area contributed by atoms with Gasteiger partial charge in [0.15, 0.2) is 0 Å². The highest BCUT2D eigenvalue weighted by atomic mass is 16.3. The van der Waals surface area contributed by atoms with Gasteiger partial charge in [0.25, 0.3) is 0 Å². The Morgan fingerprint density at radius 3 is 2.65 bits per heavy atom. The van der Waals surface area contributed by atoms with Gasteiger partial charge < -0.3 is 15.7 Å². The first kappa shape index (κ1) is 14.5. The van der Waals surface area contributed by atoms with Crippen LogP contribution in [0.2, 0.25) is 0 Å². The first-order chi connectivity index (χ1) is 7.95. The highest BCUT2D eigenvalue weighted by molar-refractivity contribution is 5.82. The Morgan fingerprint density at radius 2 is 2.18 bits per heavy atom. The third kappa shape index (κ3) is 4.64. The summed E-state index contributed by atoms with van der Waals surface area (Å²) in [4.78, 5) is 12.1. The fraction of sp³-hybridized carbons (Fsp3) is 0.923. The molecule has 0 bridgehead atoms. The molecule has 1 fully saturated rings. The van der Waals surface area contributed by atoms with Crippen LogP contribution in [0.15, 0.2) is 0 Å². The number of carbonyl (C=O) groups excluding carboxylic acids is 1. The summed E-state index contributed by atoms with van der Waals surface area (Å²) in [6, 6.07) is -0.0176. The summed E-state index contributed by atoms with van der Waals surface area (Å²) in [5, 5.41) is 15.4. The lowest BCUT2D eigenvalue weighted by molar-refractivity contribution is -0.125. The van der Waals surface area contributed by atoms with Gasteiger partial charge in [0.1, 0.15) is 0 Å². The van der Waals surface area contributed by atoms with E-state index in [0.717, 1.165) is 25.8 Å². The molecule has 0 aromatic rings. The summed E-state index contributed by atoms with van der Waals surface area (Å²) < 4.78 is 0. The lowest BCUT2D eigenvalue weighted by atomic mass is 9.84. The monoisotopic (exact) mass is 242 g/mol. The summed E-state index contributed by atoms with van der Waals surface area (Å²) in [7, 11) is 0. The molecule has 1 aliphatic heterocycles. The molecule has 100 valence electrons. The molecule has 0 saturated carbocycles. The van der Waals surface area contributed by atoms with Crippen molar-refractivity contribution in [2.24, 2.45) is 5.41 Å². The summed E-state index contributed by atoms with van der Waals surface area (Å²) in [6.45, 7) is 7.30. The van der Waals surface area contributed by atoms with Gasteiger partial charge in [-0.3, -0.25) is 4.79 Å². The lowest BCUT2D eigenvalue weighted by Crippen LogP contribution is -2.52. The minimum atomic E-state index is -0.0488. The summed E-state index contributed by atoms with van der Waals surface area (Å²) in [6.07, 6.45) is 3.80. The molecule has 1 aliphatic rings. The summed E-state index contributed by atoms with van der Waals surface area (Å²) >= 11 is 0. The largest absolute Gasteiger partial charge is 0.396 e. The molecule has 4 heteroatoms. The Kier molecular flexibility index (Phi) is 5.40. The van der Waals surface area contributed by atoms with Crippen molar-refractivity contribution in [3.8, 4) is 0 Å². The molecule has 4 nitrogen and oxygen atoms in total. The van der Waals surface area contributed by atoms with E-state index in [4.69, 9.17) is 5.11 Å². The number of hydrogen-bond donors (Lipinski definition) is 3. The number of aliphatic hydroxyl groups excluding tert-OH is 1. The number of piperidine rings is 1. The van der Waals surface area contributed by atoms with Crippen molar-refractivity contribution in [2.75, 3.05) is 13.2 Å². The average molecular weight is 242 g/mol. The van der Waals surface area contributed by atoms with Gasteiger partial charge in [0, 0.05) is 12.6 Å². The topological polar surface area (TPSA) is 61.4 Å². The van der Waals surface area contributed by atoms with Crippen molar-refractivity contribution in [1.82, 2.24) is 10.6 Å². The molecular formula is C13H26N2O2. The van der Waals surface area contributed by atoms with Crippen LogP contribution in [-0.4, -0.2) is 36.2 Å². The molecule has 1 rings (SSSR count). The fourth-order valence-electron chi connectivity index (χ4n) is 2.20. The molecule has 1 saturated heterocycles. The number of amides is 1. The van der Waals surface area contributed by atoms with E-state index in [2.05, 4.69) is 31.4 Å². The van der Waals surface area contributed by atoms with Gasteiger partial charge in [0.2, 0.25) is 5.91 Å². The van der Waals surface area contributed by atoms with Gasteiger partial charge in [-0.25, -0.2) is 0 Å². The molecule has 0 spiro atoms. The van der Waals surface area contributed by atoms with E-state index in [1.54, 1.807) is 0 Å². The molecule has 2 atom stereocenters. The highest BCUT2D eigenvalue weighted by Crippen LogP contribution is 2.22. The lowest BCUT2D eigenvalue weighted by Gasteiger charge is -2.33. The van der Waals surface area contributed by atoms with Crippen LogP contribution in [-0.2, 0) is 4.79 Å². The number of nitrogens with one attached hydrogen (secondary N) is 2. The number of carbonyl (C=O) groups is 1. The van der Waals surface area contributed by atoms with Crippen LogP contribution < -0.4 is 10.6 Å². The van der Waals surface area contributed by atoms with E-state index in [-0.39, 0.29) is 30.0 Å². The van der Waals surface area contributed by atoms with Crippen LogP contribution >= 0.6 is 0 Å². The van der Waals surface area contributed by atoms with Gasteiger partial charge in [-0.15, -0.1) is 0 Å². The van der Waals surface area contributed by atoms with Gasteiger partial charge in [-0.05, 0) is 31.2 Å². The third-order valence-corrected chi connectivity index (χ3v) is 3.41. The Hall–Kier alpha value is -0.610. The molecule has 1 unspecified atom stereocenters. The molecule has 0 aliphatic carbocycles. The fourth-order valence-corrected chi connectivity index (χ4v) is 2.20. The molecule has 0 aromatic carbocycles. The van der Waals surface area contributed by atoms with Crippen molar-refractivity contribution < 1.29 is 9.90 Å². The second-order valence-corrected chi connectivity index (χ2v) is 5.94. The van der Waals surface area contributed by atoms with Crippen LogP contribution in [0.5, 0.6) is 0 Å². The van der Waals surface area contributed by atoms with Crippen molar-refractivity contribution in [2.45, 2.75) is 58.5 Å². The van der Waals surface area contributed by atoms with E-state index in [1.165, 1.54) is 0 Å². The van der Waals surface area contributed by atoms with Crippen molar-refractivity contribution >= 4 is 5.91 Å².